The number of carbonyl (C=O) groups is 1. The summed E-state index contributed by atoms with van der Waals surface area (Å²) in [6, 6.07) is 9.40. The van der Waals surface area contributed by atoms with Crippen molar-refractivity contribution in [2.75, 3.05) is 19.7 Å². The number of nitrogens with zero attached hydrogens (tertiary/aromatic N) is 4. The lowest BCUT2D eigenvalue weighted by atomic mass is 10.1. The minimum atomic E-state index is -4.20. The second-order valence-corrected chi connectivity index (χ2v) is 6.45. The molecule has 27 heavy (non-hydrogen) atoms. The fourth-order valence-electron chi connectivity index (χ4n) is 2.94. The number of halogens is 3. The van der Waals surface area contributed by atoms with Crippen LogP contribution in [-0.4, -0.2) is 57.8 Å². The summed E-state index contributed by atoms with van der Waals surface area (Å²) in [6.07, 6.45) is -2.57. The lowest BCUT2D eigenvalue weighted by molar-refractivity contribution is -0.151. The number of para-hydroxylation sites is 1. The average Bonchev–Trinajstić information content (AvgIpc) is 3.10. The van der Waals surface area contributed by atoms with Gasteiger partial charge in [-0.15, -0.1) is 0 Å². The van der Waals surface area contributed by atoms with Gasteiger partial charge in [0, 0.05) is 13.1 Å². The van der Waals surface area contributed by atoms with E-state index in [4.69, 9.17) is 4.74 Å². The largest absolute Gasteiger partial charge is 0.391 e. The first-order valence-electron chi connectivity index (χ1n) is 8.83. The molecule has 0 N–H and O–H groups in total. The summed E-state index contributed by atoms with van der Waals surface area (Å²) in [5.74, 6) is -0.0659. The van der Waals surface area contributed by atoms with E-state index >= 15 is 0 Å². The van der Waals surface area contributed by atoms with Gasteiger partial charge in [-0.05, 0) is 25.0 Å². The molecule has 1 fully saturated rings. The SMILES string of the molecule is O=C(Cc1cnn(-c2ccccc2)n1)N1CCC(OCCC(F)(F)F)CC1. The molecule has 1 aromatic carbocycles. The highest BCUT2D eigenvalue weighted by Gasteiger charge is 2.28. The summed E-state index contributed by atoms with van der Waals surface area (Å²) in [4.78, 5) is 15.6. The van der Waals surface area contributed by atoms with Crippen LogP contribution >= 0.6 is 0 Å². The summed E-state index contributed by atoms with van der Waals surface area (Å²) >= 11 is 0. The van der Waals surface area contributed by atoms with Crippen molar-refractivity contribution >= 4 is 5.91 Å². The molecule has 1 amide bonds. The minimum Gasteiger partial charge on any atom is -0.378 e. The van der Waals surface area contributed by atoms with Crippen molar-refractivity contribution in [3.05, 3.63) is 42.2 Å². The van der Waals surface area contributed by atoms with Crippen molar-refractivity contribution in [3.63, 3.8) is 0 Å². The predicted octanol–water partition coefficient (Wildman–Crippen LogP) is 2.77. The highest BCUT2D eigenvalue weighted by atomic mass is 19.4. The van der Waals surface area contributed by atoms with Crippen LogP contribution in [0.2, 0.25) is 0 Å². The Morgan fingerprint density at radius 1 is 1.19 bits per heavy atom. The molecule has 0 atom stereocenters. The number of hydrogen-bond acceptors (Lipinski definition) is 4. The number of likely N-dealkylation sites (tertiary alicyclic amines) is 1. The van der Waals surface area contributed by atoms with Crippen LogP contribution in [0, 0.1) is 0 Å². The monoisotopic (exact) mass is 382 g/mol. The number of hydrogen-bond donors (Lipinski definition) is 0. The Kier molecular flexibility index (Phi) is 6.10. The molecule has 1 aliphatic heterocycles. The Morgan fingerprint density at radius 3 is 2.56 bits per heavy atom. The van der Waals surface area contributed by atoms with Crippen molar-refractivity contribution < 1.29 is 22.7 Å². The molecule has 6 nitrogen and oxygen atoms in total. The molecule has 9 heteroatoms. The summed E-state index contributed by atoms with van der Waals surface area (Å²) in [6.45, 7) is 0.620. The molecule has 0 saturated carbocycles. The normalized spacial score (nSPS) is 15.9. The van der Waals surface area contributed by atoms with E-state index in [1.807, 2.05) is 30.3 Å². The standard InChI is InChI=1S/C18H21F3N4O2/c19-18(20,21)8-11-27-16-6-9-24(10-7-16)17(26)12-14-13-22-25(23-14)15-4-2-1-3-5-15/h1-5,13,16H,6-12H2. The van der Waals surface area contributed by atoms with E-state index in [1.54, 1.807) is 11.1 Å². The summed E-state index contributed by atoms with van der Waals surface area (Å²) in [5, 5.41) is 8.49. The van der Waals surface area contributed by atoms with Gasteiger partial charge < -0.3 is 9.64 Å². The number of ether oxygens (including phenoxy) is 1. The van der Waals surface area contributed by atoms with Crippen molar-refractivity contribution in [3.8, 4) is 5.69 Å². The Bertz CT molecular complexity index is 741. The van der Waals surface area contributed by atoms with Crippen LogP contribution in [0.3, 0.4) is 0 Å². The first-order valence-corrected chi connectivity index (χ1v) is 8.83. The number of alkyl halides is 3. The highest BCUT2D eigenvalue weighted by Crippen LogP contribution is 2.21. The van der Waals surface area contributed by atoms with Gasteiger partial charge in [-0.1, -0.05) is 18.2 Å². The fourth-order valence-corrected chi connectivity index (χ4v) is 2.94. The quantitative estimate of drug-likeness (QED) is 0.771. The van der Waals surface area contributed by atoms with E-state index in [1.165, 1.54) is 4.80 Å². The van der Waals surface area contributed by atoms with Crippen LogP contribution in [0.25, 0.3) is 5.69 Å². The summed E-state index contributed by atoms with van der Waals surface area (Å²) in [5.41, 5.74) is 1.39. The Morgan fingerprint density at radius 2 is 1.89 bits per heavy atom. The maximum absolute atomic E-state index is 12.4. The van der Waals surface area contributed by atoms with Crippen LogP contribution in [0.15, 0.2) is 36.5 Å². The van der Waals surface area contributed by atoms with E-state index in [9.17, 15) is 18.0 Å². The lowest BCUT2D eigenvalue weighted by Gasteiger charge is -2.32. The van der Waals surface area contributed by atoms with Crippen molar-refractivity contribution in [1.29, 1.82) is 0 Å². The molecular weight excluding hydrogens is 361 g/mol. The molecule has 0 unspecified atom stereocenters. The third-order valence-corrected chi connectivity index (χ3v) is 4.39. The van der Waals surface area contributed by atoms with Crippen molar-refractivity contribution in [2.45, 2.75) is 38.0 Å². The molecule has 2 heterocycles. The molecule has 1 saturated heterocycles. The van der Waals surface area contributed by atoms with Crippen LogP contribution in [-0.2, 0) is 16.0 Å². The van der Waals surface area contributed by atoms with Gasteiger partial charge in [0.05, 0.1) is 43.1 Å². The number of carbonyl (C=O) groups excluding carboxylic acids is 1. The van der Waals surface area contributed by atoms with Gasteiger partial charge in [-0.3, -0.25) is 4.79 Å². The van der Waals surface area contributed by atoms with Gasteiger partial charge in [0.15, 0.2) is 0 Å². The third-order valence-electron chi connectivity index (χ3n) is 4.39. The Balaban J connectivity index is 1.44. The number of amides is 1. The van der Waals surface area contributed by atoms with Gasteiger partial charge >= 0.3 is 6.18 Å². The molecule has 0 bridgehead atoms. The first kappa shape index (κ1) is 19.3. The number of rotatable bonds is 6. The fraction of sp³-hybridized carbons (Fsp3) is 0.500. The smallest absolute Gasteiger partial charge is 0.378 e. The molecular formula is C18H21F3N4O2. The van der Waals surface area contributed by atoms with Crippen molar-refractivity contribution in [1.82, 2.24) is 19.9 Å². The molecule has 1 aliphatic rings. The molecule has 0 radical (unpaired) electrons. The lowest BCUT2D eigenvalue weighted by Crippen LogP contribution is -2.41. The number of aromatic nitrogens is 3. The van der Waals surface area contributed by atoms with Crippen LogP contribution in [0.4, 0.5) is 13.2 Å². The van der Waals surface area contributed by atoms with E-state index in [0.29, 0.717) is 31.6 Å². The summed E-state index contributed by atoms with van der Waals surface area (Å²) < 4.78 is 41.7. The maximum Gasteiger partial charge on any atom is 0.391 e. The zero-order valence-electron chi connectivity index (χ0n) is 14.7. The van der Waals surface area contributed by atoms with Gasteiger partial charge in [-0.25, -0.2) is 0 Å². The van der Waals surface area contributed by atoms with Crippen LogP contribution < -0.4 is 0 Å². The van der Waals surface area contributed by atoms with Crippen LogP contribution in [0.5, 0.6) is 0 Å². The zero-order valence-corrected chi connectivity index (χ0v) is 14.7. The maximum atomic E-state index is 12.4. The van der Waals surface area contributed by atoms with Crippen LogP contribution in [0.1, 0.15) is 25.0 Å². The zero-order chi connectivity index (χ0) is 19.3. The molecule has 3 rings (SSSR count). The number of benzene rings is 1. The third kappa shape index (κ3) is 5.78. The molecule has 0 aliphatic carbocycles. The average molecular weight is 382 g/mol. The highest BCUT2D eigenvalue weighted by molar-refractivity contribution is 5.78. The predicted molar refractivity (Wildman–Crippen MR) is 91.3 cm³/mol. The van der Waals surface area contributed by atoms with E-state index in [0.717, 1.165) is 5.69 Å². The minimum absolute atomic E-state index is 0.0659. The van der Waals surface area contributed by atoms with Gasteiger partial charge in [0.25, 0.3) is 0 Å². The van der Waals surface area contributed by atoms with Crippen molar-refractivity contribution in [2.24, 2.45) is 0 Å². The second-order valence-electron chi connectivity index (χ2n) is 6.45. The summed E-state index contributed by atoms with van der Waals surface area (Å²) in [7, 11) is 0. The first-order chi connectivity index (χ1) is 12.9. The molecule has 1 aromatic heterocycles. The number of piperidine rings is 1. The van der Waals surface area contributed by atoms with Gasteiger partial charge in [0.1, 0.15) is 0 Å². The molecule has 146 valence electrons. The van der Waals surface area contributed by atoms with E-state index < -0.39 is 12.6 Å². The Labute approximate surface area is 154 Å². The molecule has 0 spiro atoms. The van der Waals surface area contributed by atoms with Gasteiger partial charge in [-0.2, -0.15) is 28.2 Å². The topological polar surface area (TPSA) is 60.2 Å². The molecule has 2 aromatic rings. The van der Waals surface area contributed by atoms with Gasteiger partial charge in [0.2, 0.25) is 5.91 Å². The Hall–Kier alpha value is -2.42. The van der Waals surface area contributed by atoms with E-state index in [-0.39, 0.29) is 25.0 Å². The second kappa shape index (κ2) is 8.51. The van der Waals surface area contributed by atoms with E-state index in [2.05, 4.69) is 10.2 Å².